The molecule has 0 spiro atoms. The number of benzene rings is 2. The Morgan fingerprint density at radius 1 is 1.00 bits per heavy atom. The maximum Gasteiger partial charge on any atom is 0.196 e. The van der Waals surface area contributed by atoms with E-state index in [1.807, 2.05) is 42.5 Å². The third-order valence-corrected chi connectivity index (χ3v) is 5.83. The van der Waals surface area contributed by atoms with Crippen LogP contribution in [0.1, 0.15) is 36.5 Å². The fourth-order valence-electron chi connectivity index (χ4n) is 3.34. The number of para-hydroxylation sites is 1. The minimum absolute atomic E-state index is 0.350. The molecule has 148 valence electrons. The maximum absolute atomic E-state index is 9.40. The van der Waals surface area contributed by atoms with E-state index in [9.17, 15) is 5.26 Å². The smallest absolute Gasteiger partial charge is 0.196 e. The monoisotopic (exact) mass is 411 g/mol. The lowest BCUT2D eigenvalue weighted by atomic mass is 10.0. The molecule has 0 fully saturated rings. The lowest BCUT2D eigenvalue weighted by Crippen LogP contribution is -2.05. The van der Waals surface area contributed by atoms with Crippen molar-refractivity contribution in [3.8, 4) is 23.1 Å². The summed E-state index contributed by atoms with van der Waals surface area (Å²) in [4.78, 5) is 4.25. The Morgan fingerprint density at radius 3 is 2.57 bits per heavy atom. The van der Waals surface area contributed by atoms with Gasteiger partial charge in [0.15, 0.2) is 11.0 Å². The van der Waals surface area contributed by atoms with Crippen molar-refractivity contribution in [1.82, 2.24) is 19.7 Å². The molecule has 0 atom stereocenters. The third-order valence-electron chi connectivity index (χ3n) is 4.85. The van der Waals surface area contributed by atoms with Crippen LogP contribution >= 0.6 is 11.8 Å². The lowest BCUT2D eigenvalue weighted by Gasteiger charge is -2.17. The molecular weight excluding hydrogens is 390 g/mol. The summed E-state index contributed by atoms with van der Waals surface area (Å²) in [6.45, 7) is 4.37. The van der Waals surface area contributed by atoms with Gasteiger partial charge in [0.25, 0.3) is 0 Å². The maximum atomic E-state index is 9.40. The molecule has 0 aliphatic carbocycles. The molecule has 2 aromatic carbocycles. The van der Waals surface area contributed by atoms with Crippen molar-refractivity contribution in [2.45, 2.75) is 30.7 Å². The van der Waals surface area contributed by atoms with E-state index in [4.69, 9.17) is 0 Å². The molecule has 0 amide bonds. The molecule has 5 nitrogen and oxygen atoms in total. The summed E-state index contributed by atoms with van der Waals surface area (Å²) in [5.41, 5.74) is 4.87. The highest BCUT2D eigenvalue weighted by molar-refractivity contribution is 7.98. The van der Waals surface area contributed by atoms with Crippen molar-refractivity contribution in [3.63, 3.8) is 0 Å². The predicted molar refractivity (Wildman–Crippen MR) is 119 cm³/mol. The number of rotatable bonds is 6. The Kier molecular flexibility index (Phi) is 5.92. The van der Waals surface area contributed by atoms with E-state index in [0.717, 1.165) is 27.8 Å². The first-order chi connectivity index (χ1) is 14.7. The topological polar surface area (TPSA) is 67.4 Å². The normalized spacial score (nSPS) is 10.9. The first-order valence-corrected chi connectivity index (χ1v) is 10.7. The van der Waals surface area contributed by atoms with E-state index in [2.05, 4.69) is 57.9 Å². The number of hydrogen-bond donors (Lipinski definition) is 0. The van der Waals surface area contributed by atoms with E-state index >= 15 is 0 Å². The molecule has 30 heavy (non-hydrogen) atoms. The molecule has 0 aliphatic rings. The van der Waals surface area contributed by atoms with Crippen LogP contribution in [0.3, 0.4) is 0 Å². The molecule has 0 bridgehead atoms. The van der Waals surface area contributed by atoms with Gasteiger partial charge in [0.05, 0.1) is 17.3 Å². The second-order valence-corrected chi connectivity index (χ2v) is 8.10. The zero-order valence-electron chi connectivity index (χ0n) is 16.9. The highest BCUT2D eigenvalue weighted by Gasteiger charge is 2.19. The Bertz CT molecular complexity index is 1190. The van der Waals surface area contributed by atoms with Crippen LogP contribution in [0.5, 0.6) is 0 Å². The first kappa shape index (κ1) is 19.9. The van der Waals surface area contributed by atoms with Crippen LogP contribution in [0.25, 0.3) is 17.1 Å². The number of nitrogens with zero attached hydrogens (tertiary/aromatic N) is 5. The minimum Gasteiger partial charge on any atom is -0.270 e. The molecule has 4 rings (SSSR count). The van der Waals surface area contributed by atoms with E-state index in [-0.39, 0.29) is 0 Å². The van der Waals surface area contributed by atoms with Gasteiger partial charge in [0.1, 0.15) is 0 Å². The number of nitriles is 1. The molecule has 4 aromatic rings. The Labute approximate surface area is 180 Å². The number of hydrogen-bond acceptors (Lipinski definition) is 5. The third kappa shape index (κ3) is 3.98. The van der Waals surface area contributed by atoms with Crippen LogP contribution in [0.15, 0.2) is 78.2 Å². The van der Waals surface area contributed by atoms with Gasteiger partial charge >= 0.3 is 0 Å². The van der Waals surface area contributed by atoms with Crippen molar-refractivity contribution in [1.29, 1.82) is 5.26 Å². The van der Waals surface area contributed by atoms with E-state index in [1.54, 1.807) is 24.2 Å². The van der Waals surface area contributed by atoms with Gasteiger partial charge in [0.2, 0.25) is 0 Å². The first-order valence-electron chi connectivity index (χ1n) is 9.75. The second-order valence-electron chi connectivity index (χ2n) is 7.15. The standard InChI is InChI=1S/C24H21N5S/c1-17(2)21-11-5-6-12-22(21)29-23(19-10-7-13-26-15-19)27-28-24(29)30-16-20-9-4-3-8-18(20)14-25/h3-13,15,17H,16H2,1-2H3. The van der Waals surface area contributed by atoms with Crippen LogP contribution in [-0.2, 0) is 5.75 Å². The quantitative estimate of drug-likeness (QED) is 0.385. The Balaban J connectivity index is 1.81. The highest BCUT2D eigenvalue weighted by atomic mass is 32.2. The van der Waals surface area contributed by atoms with Gasteiger partial charge in [-0.2, -0.15) is 5.26 Å². The SMILES string of the molecule is CC(C)c1ccccc1-n1c(SCc2ccccc2C#N)nnc1-c1cccnc1. The van der Waals surface area contributed by atoms with Crippen molar-refractivity contribution in [2.24, 2.45) is 0 Å². The average molecular weight is 412 g/mol. The molecule has 6 heteroatoms. The Morgan fingerprint density at radius 2 is 1.80 bits per heavy atom. The van der Waals surface area contributed by atoms with E-state index in [1.165, 1.54) is 5.56 Å². The molecule has 0 radical (unpaired) electrons. The zero-order chi connectivity index (χ0) is 20.9. The Hall–Kier alpha value is -3.43. The summed E-state index contributed by atoms with van der Waals surface area (Å²) < 4.78 is 2.10. The van der Waals surface area contributed by atoms with Gasteiger partial charge in [-0.1, -0.05) is 62.0 Å². The number of pyridine rings is 1. The van der Waals surface area contributed by atoms with Crippen LogP contribution in [0.4, 0.5) is 0 Å². The number of thioether (sulfide) groups is 1. The van der Waals surface area contributed by atoms with Crippen molar-refractivity contribution >= 4 is 11.8 Å². The van der Waals surface area contributed by atoms with Crippen LogP contribution < -0.4 is 0 Å². The number of aromatic nitrogens is 4. The van der Waals surface area contributed by atoms with E-state index in [0.29, 0.717) is 17.2 Å². The average Bonchev–Trinajstić information content (AvgIpc) is 3.22. The molecular formula is C24H21N5S. The van der Waals surface area contributed by atoms with Crippen molar-refractivity contribution in [2.75, 3.05) is 0 Å². The summed E-state index contributed by atoms with van der Waals surface area (Å²) in [5.74, 6) is 1.74. The molecule has 0 saturated carbocycles. The fraction of sp³-hybridized carbons (Fsp3) is 0.167. The van der Waals surface area contributed by atoms with E-state index < -0.39 is 0 Å². The largest absolute Gasteiger partial charge is 0.270 e. The van der Waals surface area contributed by atoms with Crippen molar-refractivity contribution in [3.05, 3.63) is 89.7 Å². The van der Waals surface area contributed by atoms with Crippen LogP contribution in [0, 0.1) is 11.3 Å². The van der Waals surface area contributed by atoms with Crippen molar-refractivity contribution < 1.29 is 0 Å². The van der Waals surface area contributed by atoms with Crippen LogP contribution in [0.2, 0.25) is 0 Å². The zero-order valence-corrected chi connectivity index (χ0v) is 17.7. The summed E-state index contributed by atoms with van der Waals surface area (Å²) in [5, 5.41) is 19.2. The molecule has 0 saturated heterocycles. The van der Waals surface area contributed by atoms with Gasteiger partial charge in [-0.15, -0.1) is 10.2 Å². The van der Waals surface area contributed by atoms with Gasteiger partial charge < -0.3 is 0 Å². The van der Waals surface area contributed by atoms with Gasteiger partial charge in [0, 0.05) is 23.7 Å². The summed E-state index contributed by atoms with van der Waals surface area (Å²) in [6, 6.07) is 22.2. The summed E-state index contributed by atoms with van der Waals surface area (Å²) >= 11 is 1.58. The molecule has 0 N–H and O–H groups in total. The predicted octanol–water partition coefficient (Wildman–Crippen LogP) is 5.62. The second kappa shape index (κ2) is 8.93. The van der Waals surface area contributed by atoms with Crippen LogP contribution in [-0.4, -0.2) is 19.7 Å². The summed E-state index contributed by atoms with van der Waals surface area (Å²) in [7, 11) is 0. The van der Waals surface area contributed by atoms with Gasteiger partial charge in [-0.05, 0) is 41.3 Å². The molecule has 0 aliphatic heterocycles. The van der Waals surface area contributed by atoms with Gasteiger partial charge in [-0.3, -0.25) is 9.55 Å². The molecule has 2 aromatic heterocycles. The highest BCUT2D eigenvalue weighted by Crippen LogP contribution is 2.33. The minimum atomic E-state index is 0.350. The lowest BCUT2D eigenvalue weighted by molar-refractivity contribution is 0.818. The van der Waals surface area contributed by atoms with Gasteiger partial charge in [-0.25, -0.2) is 0 Å². The fourth-order valence-corrected chi connectivity index (χ4v) is 4.29. The molecule has 0 unspecified atom stereocenters. The summed E-state index contributed by atoms with van der Waals surface area (Å²) in [6.07, 6.45) is 3.55. The molecule has 2 heterocycles.